The fourth-order valence-corrected chi connectivity index (χ4v) is 3.25. The second-order valence-corrected chi connectivity index (χ2v) is 6.94. The Morgan fingerprint density at radius 2 is 1.76 bits per heavy atom. The van der Waals surface area contributed by atoms with Crippen molar-refractivity contribution < 1.29 is 19.1 Å². The first-order chi connectivity index (χ1) is 14.0. The predicted octanol–water partition coefficient (Wildman–Crippen LogP) is 3.05. The van der Waals surface area contributed by atoms with Gasteiger partial charge < -0.3 is 15.0 Å². The Hall–Kier alpha value is -3.41. The third kappa shape index (κ3) is 6.04. The summed E-state index contributed by atoms with van der Waals surface area (Å²) >= 11 is 0. The number of carbonyl (C=O) groups excluding carboxylic acids is 3. The topological polar surface area (TPSA) is 75.7 Å². The second-order valence-electron chi connectivity index (χ2n) is 6.94. The summed E-state index contributed by atoms with van der Waals surface area (Å²) in [5.74, 6) is -0.302. The predicted molar refractivity (Wildman–Crippen MR) is 110 cm³/mol. The Labute approximate surface area is 170 Å². The number of amides is 2. The van der Waals surface area contributed by atoms with Crippen LogP contribution in [0.2, 0.25) is 0 Å². The van der Waals surface area contributed by atoms with Crippen molar-refractivity contribution >= 4 is 23.9 Å². The van der Waals surface area contributed by atoms with Crippen molar-refractivity contribution in [3.05, 3.63) is 71.8 Å². The van der Waals surface area contributed by atoms with Crippen LogP contribution in [0.3, 0.4) is 0 Å². The molecule has 1 fully saturated rings. The molecule has 1 aliphatic rings. The van der Waals surface area contributed by atoms with Gasteiger partial charge in [0.2, 0.25) is 5.91 Å². The molecule has 2 aromatic rings. The zero-order chi connectivity index (χ0) is 20.6. The van der Waals surface area contributed by atoms with E-state index in [0.29, 0.717) is 37.2 Å². The Morgan fingerprint density at radius 1 is 1.03 bits per heavy atom. The molecule has 1 aliphatic heterocycles. The lowest BCUT2D eigenvalue weighted by molar-refractivity contribution is -0.131. The van der Waals surface area contributed by atoms with Crippen LogP contribution in [0.1, 0.15) is 35.7 Å². The Balaban J connectivity index is 1.50. The lowest BCUT2D eigenvalue weighted by Crippen LogP contribution is -2.46. The minimum Gasteiger partial charge on any atom is -0.427 e. The summed E-state index contributed by atoms with van der Waals surface area (Å²) in [6.45, 7) is 2.44. The maximum absolute atomic E-state index is 12.7. The number of carbonyl (C=O) groups is 3. The van der Waals surface area contributed by atoms with E-state index in [4.69, 9.17) is 4.74 Å². The van der Waals surface area contributed by atoms with Crippen LogP contribution in [0.5, 0.6) is 5.75 Å². The second kappa shape index (κ2) is 9.68. The average Bonchev–Trinajstić information content (AvgIpc) is 2.73. The van der Waals surface area contributed by atoms with E-state index < -0.39 is 5.97 Å². The van der Waals surface area contributed by atoms with E-state index in [1.165, 1.54) is 13.0 Å². The Morgan fingerprint density at radius 3 is 2.45 bits per heavy atom. The van der Waals surface area contributed by atoms with Crippen LogP contribution in [-0.2, 0) is 9.59 Å². The molecule has 0 aromatic heterocycles. The van der Waals surface area contributed by atoms with E-state index in [0.717, 1.165) is 5.56 Å². The largest absolute Gasteiger partial charge is 0.427 e. The highest BCUT2D eigenvalue weighted by molar-refractivity contribution is 5.95. The average molecular weight is 392 g/mol. The minimum atomic E-state index is -0.424. The fourth-order valence-electron chi connectivity index (χ4n) is 3.25. The Kier molecular flexibility index (Phi) is 6.79. The van der Waals surface area contributed by atoms with Crippen LogP contribution in [0, 0.1) is 0 Å². The molecule has 6 heteroatoms. The number of hydrogen-bond donors (Lipinski definition) is 1. The van der Waals surface area contributed by atoms with Gasteiger partial charge in [-0.25, -0.2) is 0 Å². The molecule has 29 heavy (non-hydrogen) atoms. The lowest BCUT2D eigenvalue weighted by atomic mass is 10.0. The van der Waals surface area contributed by atoms with E-state index in [9.17, 15) is 14.4 Å². The van der Waals surface area contributed by atoms with Crippen LogP contribution >= 0.6 is 0 Å². The van der Waals surface area contributed by atoms with Crippen LogP contribution in [0.15, 0.2) is 60.7 Å². The standard InChI is InChI=1S/C23H24N2O4/c1-17(26)29-21-9-5-8-19(16-21)23(28)25-14-12-20(13-15-25)24-22(27)11-10-18-6-3-2-4-7-18/h2-11,16,20H,12-15H2,1H3,(H,24,27)/b11-10+. The molecule has 0 spiro atoms. The van der Waals surface area contributed by atoms with Crippen LogP contribution in [0.25, 0.3) is 6.08 Å². The molecule has 3 rings (SSSR count). The molecule has 6 nitrogen and oxygen atoms in total. The van der Waals surface area contributed by atoms with Crippen molar-refractivity contribution in [3.63, 3.8) is 0 Å². The normalized spacial score (nSPS) is 14.6. The highest BCUT2D eigenvalue weighted by atomic mass is 16.5. The number of esters is 1. The van der Waals surface area contributed by atoms with Gasteiger partial charge in [-0.05, 0) is 42.7 Å². The molecule has 2 amide bonds. The van der Waals surface area contributed by atoms with Crippen molar-refractivity contribution in [2.75, 3.05) is 13.1 Å². The smallest absolute Gasteiger partial charge is 0.308 e. The van der Waals surface area contributed by atoms with Crippen molar-refractivity contribution in [1.29, 1.82) is 0 Å². The molecule has 0 radical (unpaired) electrons. The van der Waals surface area contributed by atoms with Gasteiger partial charge in [0.25, 0.3) is 5.91 Å². The number of nitrogens with one attached hydrogen (secondary N) is 1. The molecule has 0 atom stereocenters. The molecule has 1 heterocycles. The molecule has 1 N–H and O–H groups in total. The quantitative estimate of drug-likeness (QED) is 0.482. The van der Waals surface area contributed by atoms with E-state index in [1.807, 2.05) is 30.3 Å². The number of nitrogens with zero attached hydrogens (tertiary/aromatic N) is 1. The highest BCUT2D eigenvalue weighted by Crippen LogP contribution is 2.18. The van der Waals surface area contributed by atoms with E-state index >= 15 is 0 Å². The first kappa shape index (κ1) is 20.3. The number of piperidine rings is 1. The monoisotopic (exact) mass is 392 g/mol. The summed E-state index contributed by atoms with van der Waals surface area (Å²) < 4.78 is 5.04. The third-order valence-corrected chi connectivity index (χ3v) is 4.70. The molecule has 150 valence electrons. The SMILES string of the molecule is CC(=O)Oc1cccc(C(=O)N2CCC(NC(=O)/C=C/c3ccccc3)CC2)c1. The molecule has 0 saturated carbocycles. The van der Waals surface area contributed by atoms with Gasteiger partial charge in [0.05, 0.1) is 0 Å². The van der Waals surface area contributed by atoms with Crippen LogP contribution < -0.4 is 10.1 Å². The fraction of sp³-hybridized carbons (Fsp3) is 0.261. The number of benzene rings is 2. The molecule has 0 aliphatic carbocycles. The summed E-state index contributed by atoms with van der Waals surface area (Å²) in [4.78, 5) is 37.7. The molecule has 2 aromatic carbocycles. The Bertz CT molecular complexity index is 900. The van der Waals surface area contributed by atoms with Gasteiger partial charge in [0.1, 0.15) is 5.75 Å². The highest BCUT2D eigenvalue weighted by Gasteiger charge is 2.24. The van der Waals surface area contributed by atoms with Crippen molar-refractivity contribution in [2.45, 2.75) is 25.8 Å². The van der Waals surface area contributed by atoms with Gasteiger partial charge in [-0.1, -0.05) is 36.4 Å². The molecule has 0 bridgehead atoms. The van der Waals surface area contributed by atoms with E-state index in [-0.39, 0.29) is 17.9 Å². The van der Waals surface area contributed by atoms with Crippen molar-refractivity contribution in [2.24, 2.45) is 0 Å². The first-order valence-corrected chi connectivity index (χ1v) is 9.62. The van der Waals surface area contributed by atoms with Gasteiger partial charge in [-0.15, -0.1) is 0 Å². The summed E-state index contributed by atoms with van der Waals surface area (Å²) in [6.07, 6.45) is 4.71. The maximum Gasteiger partial charge on any atom is 0.308 e. The number of hydrogen-bond acceptors (Lipinski definition) is 4. The van der Waals surface area contributed by atoms with Gasteiger partial charge in [-0.3, -0.25) is 14.4 Å². The lowest BCUT2D eigenvalue weighted by Gasteiger charge is -2.32. The molecular formula is C23H24N2O4. The summed E-state index contributed by atoms with van der Waals surface area (Å²) in [6, 6.07) is 16.3. The van der Waals surface area contributed by atoms with Gasteiger partial charge in [0.15, 0.2) is 0 Å². The van der Waals surface area contributed by atoms with Gasteiger partial charge >= 0.3 is 5.97 Å². The summed E-state index contributed by atoms with van der Waals surface area (Å²) in [7, 11) is 0. The summed E-state index contributed by atoms with van der Waals surface area (Å²) in [5, 5.41) is 3.00. The van der Waals surface area contributed by atoms with E-state index in [2.05, 4.69) is 5.32 Å². The van der Waals surface area contributed by atoms with Gasteiger partial charge in [-0.2, -0.15) is 0 Å². The van der Waals surface area contributed by atoms with Crippen LogP contribution in [0.4, 0.5) is 0 Å². The molecule has 1 saturated heterocycles. The third-order valence-electron chi connectivity index (χ3n) is 4.70. The van der Waals surface area contributed by atoms with E-state index in [1.54, 1.807) is 35.2 Å². The summed E-state index contributed by atoms with van der Waals surface area (Å²) in [5.41, 5.74) is 1.45. The van der Waals surface area contributed by atoms with Crippen molar-refractivity contribution in [1.82, 2.24) is 10.2 Å². The zero-order valence-corrected chi connectivity index (χ0v) is 16.3. The number of rotatable bonds is 5. The maximum atomic E-state index is 12.7. The number of ether oxygens (including phenoxy) is 1. The van der Waals surface area contributed by atoms with Crippen LogP contribution in [-0.4, -0.2) is 41.8 Å². The number of likely N-dealkylation sites (tertiary alicyclic amines) is 1. The molecular weight excluding hydrogens is 368 g/mol. The van der Waals surface area contributed by atoms with Gasteiger partial charge in [0, 0.05) is 37.7 Å². The first-order valence-electron chi connectivity index (χ1n) is 9.62. The minimum absolute atomic E-state index is 0.0411. The van der Waals surface area contributed by atoms with Crippen molar-refractivity contribution in [3.8, 4) is 5.75 Å². The zero-order valence-electron chi connectivity index (χ0n) is 16.3. The molecule has 0 unspecified atom stereocenters.